The molecule has 1 atom stereocenters. The molecule has 2 aliphatic rings. The summed E-state index contributed by atoms with van der Waals surface area (Å²) < 4.78 is 10.6. The summed E-state index contributed by atoms with van der Waals surface area (Å²) in [5, 5.41) is 5.92. The highest BCUT2D eigenvalue weighted by Crippen LogP contribution is 2.34. The van der Waals surface area contributed by atoms with E-state index in [1.54, 1.807) is 67.6 Å². The second kappa shape index (κ2) is 7.28. The van der Waals surface area contributed by atoms with Crippen LogP contribution in [-0.2, 0) is 4.79 Å². The molecular formula is C24H18N2O5. The molecule has 0 fully saturated rings. The lowest BCUT2D eigenvalue weighted by molar-refractivity contribution is -0.116. The molecular weight excluding hydrogens is 396 g/mol. The summed E-state index contributed by atoms with van der Waals surface area (Å²) in [5.74, 6) is 0.578. The molecule has 5 rings (SSSR count). The van der Waals surface area contributed by atoms with Crippen LogP contribution in [0.4, 0.5) is 11.4 Å². The van der Waals surface area contributed by atoms with Crippen molar-refractivity contribution in [3.63, 3.8) is 0 Å². The zero-order valence-electron chi connectivity index (χ0n) is 16.6. The molecule has 31 heavy (non-hydrogen) atoms. The second-order valence-electron chi connectivity index (χ2n) is 7.39. The van der Waals surface area contributed by atoms with Crippen molar-refractivity contribution in [2.45, 2.75) is 13.0 Å². The third-order valence-corrected chi connectivity index (χ3v) is 5.34. The van der Waals surface area contributed by atoms with Gasteiger partial charge in [0, 0.05) is 39.7 Å². The van der Waals surface area contributed by atoms with Crippen LogP contribution >= 0.6 is 0 Å². The third-order valence-electron chi connectivity index (χ3n) is 5.34. The summed E-state index contributed by atoms with van der Waals surface area (Å²) in [5.41, 5.74) is 2.57. The van der Waals surface area contributed by atoms with E-state index < -0.39 is 6.04 Å². The van der Waals surface area contributed by atoms with Gasteiger partial charge in [-0.15, -0.1) is 0 Å². The molecule has 0 saturated heterocycles. The van der Waals surface area contributed by atoms with Gasteiger partial charge in [0.05, 0.1) is 0 Å². The Hall–Kier alpha value is -4.13. The van der Waals surface area contributed by atoms with Gasteiger partial charge in [0.15, 0.2) is 23.1 Å². The maximum absolute atomic E-state index is 12.9. The van der Waals surface area contributed by atoms with E-state index in [9.17, 15) is 14.4 Å². The normalized spacial score (nSPS) is 14.5. The molecule has 1 aliphatic heterocycles. The van der Waals surface area contributed by atoms with Crippen LogP contribution in [0.25, 0.3) is 0 Å². The lowest BCUT2D eigenvalue weighted by Gasteiger charge is -2.19. The van der Waals surface area contributed by atoms with Crippen LogP contribution in [0.15, 0.2) is 60.7 Å². The van der Waals surface area contributed by atoms with E-state index in [1.807, 2.05) is 0 Å². The van der Waals surface area contributed by atoms with Crippen molar-refractivity contribution >= 4 is 28.8 Å². The van der Waals surface area contributed by atoms with Gasteiger partial charge in [-0.25, -0.2) is 0 Å². The van der Waals surface area contributed by atoms with E-state index in [0.717, 1.165) is 5.69 Å². The number of hydrogen-bond acceptors (Lipinski definition) is 6. The van der Waals surface area contributed by atoms with Gasteiger partial charge < -0.3 is 20.1 Å². The Kier molecular flexibility index (Phi) is 4.43. The van der Waals surface area contributed by atoms with E-state index in [-0.39, 0.29) is 29.8 Å². The lowest BCUT2D eigenvalue weighted by Crippen LogP contribution is -2.32. The zero-order chi connectivity index (χ0) is 21.5. The van der Waals surface area contributed by atoms with Crippen LogP contribution in [0.1, 0.15) is 38.8 Å². The van der Waals surface area contributed by atoms with Crippen LogP contribution in [-0.4, -0.2) is 30.3 Å². The molecule has 3 aromatic rings. The fraction of sp³-hybridized carbons (Fsp3) is 0.125. The molecule has 0 spiro atoms. The minimum atomic E-state index is -0.561. The minimum absolute atomic E-state index is 0.179. The van der Waals surface area contributed by atoms with Gasteiger partial charge >= 0.3 is 0 Å². The highest BCUT2D eigenvalue weighted by molar-refractivity contribution is 6.28. The van der Waals surface area contributed by atoms with Crippen LogP contribution in [0, 0.1) is 0 Å². The highest BCUT2D eigenvalue weighted by Gasteiger charge is 2.29. The third kappa shape index (κ3) is 3.30. The fourth-order valence-corrected chi connectivity index (χ4v) is 3.73. The topological polar surface area (TPSA) is 93.7 Å². The molecule has 0 saturated carbocycles. The van der Waals surface area contributed by atoms with Crippen molar-refractivity contribution < 1.29 is 23.9 Å². The molecule has 0 aromatic heterocycles. The number of benzene rings is 3. The molecule has 1 amide bonds. The van der Waals surface area contributed by atoms with Gasteiger partial charge in [0.2, 0.25) is 12.7 Å². The first-order valence-corrected chi connectivity index (χ1v) is 9.81. The lowest BCUT2D eigenvalue weighted by atomic mass is 9.84. The van der Waals surface area contributed by atoms with Gasteiger partial charge in [-0.3, -0.25) is 14.4 Å². The van der Waals surface area contributed by atoms with E-state index in [2.05, 4.69) is 10.6 Å². The van der Waals surface area contributed by atoms with Gasteiger partial charge in [-0.05, 0) is 37.3 Å². The van der Waals surface area contributed by atoms with Gasteiger partial charge in [-0.2, -0.15) is 0 Å². The van der Waals surface area contributed by atoms with Crippen molar-refractivity contribution in [3.8, 4) is 11.5 Å². The van der Waals surface area contributed by atoms with Crippen LogP contribution < -0.4 is 20.1 Å². The number of ether oxygens (including phenoxy) is 2. The maximum atomic E-state index is 12.9. The van der Waals surface area contributed by atoms with E-state index >= 15 is 0 Å². The quantitative estimate of drug-likeness (QED) is 0.530. The van der Waals surface area contributed by atoms with Gasteiger partial charge in [0.25, 0.3) is 0 Å². The smallest absolute Gasteiger partial charge is 0.246 e. The number of carbonyl (C=O) groups excluding carboxylic acids is 3. The Morgan fingerprint density at radius 3 is 2.23 bits per heavy atom. The van der Waals surface area contributed by atoms with E-state index in [1.165, 1.54) is 0 Å². The van der Waals surface area contributed by atoms with Crippen molar-refractivity contribution in [2.75, 3.05) is 17.4 Å². The predicted octanol–water partition coefficient (Wildman–Crippen LogP) is 3.63. The van der Waals surface area contributed by atoms with E-state index in [4.69, 9.17) is 9.47 Å². The second-order valence-corrected chi connectivity index (χ2v) is 7.39. The summed E-state index contributed by atoms with van der Waals surface area (Å²) in [4.78, 5) is 38.3. The molecule has 0 bridgehead atoms. The first kappa shape index (κ1) is 18.9. The molecule has 0 unspecified atom stereocenters. The Bertz CT molecular complexity index is 1250. The summed E-state index contributed by atoms with van der Waals surface area (Å²) in [6.07, 6.45) is 0. The number of nitrogens with one attached hydrogen (secondary N) is 2. The molecule has 2 N–H and O–H groups in total. The Balaban J connectivity index is 1.33. The van der Waals surface area contributed by atoms with Gasteiger partial charge in [-0.1, -0.05) is 24.3 Å². The summed E-state index contributed by atoms with van der Waals surface area (Å²) in [7, 11) is 0. The number of amides is 1. The Labute approximate surface area is 178 Å². The molecule has 7 nitrogen and oxygen atoms in total. The minimum Gasteiger partial charge on any atom is -0.454 e. The number of anilines is 2. The number of carbonyl (C=O) groups is 3. The average molecular weight is 414 g/mol. The maximum Gasteiger partial charge on any atom is 0.246 e. The molecule has 3 aromatic carbocycles. The standard InChI is InChI=1S/C24H18N2O5/c1-13(25-15-7-9-20-21(11-15)31-12-30-20)24(29)26-14-6-8-18-19(10-14)23(28)17-5-3-2-4-16(17)22(18)27/h2-11,13,25H,12H2,1H3,(H,26,29)/t13-/m1/s1. The average Bonchev–Trinajstić information content (AvgIpc) is 3.25. The molecule has 0 radical (unpaired) electrons. The molecule has 1 heterocycles. The predicted molar refractivity (Wildman–Crippen MR) is 114 cm³/mol. The number of ketones is 2. The van der Waals surface area contributed by atoms with Crippen LogP contribution in [0.5, 0.6) is 11.5 Å². The van der Waals surface area contributed by atoms with Gasteiger partial charge in [0.1, 0.15) is 6.04 Å². The summed E-state index contributed by atoms with van der Waals surface area (Å²) in [6.45, 7) is 1.90. The summed E-state index contributed by atoms with van der Waals surface area (Å²) >= 11 is 0. The highest BCUT2D eigenvalue weighted by atomic mass is 16.7. The summed E-state index contributed by atoms with van der Waals surface area (Å²) in [6, 6.07) is 16.3. The Morgan fingerprint density at radius 2 is 1.45 bits per heavy atom. The SMILES string of the molecule is C[C@@H](Nc1ccc2c(c1)OCO2)C(=O)Nc1ccc2c(c1)C(=O)c1ccccc1C2=O. The van der Waals surface area contributed by atoms with Crippen LogP contribution in [0.3, 0.4) is 0 Å². The van der Waals surface area contributed by atoms with E-state index in [0.29, 0.717) is 33.9 Å². The number of hydrogen-bond donors (Lipinski definition) is 2. The Morgan fingerprint density at radius 1 is 0.806 bits per heavy atom. The van der Waals surface area contributed by atoms with Crippen molar-refractivity contribution in [2.24, 2.45) is 0 Å². The van der Waals surface area contributed by atoms with Crippen LogP contribution in [0.2, 0.25) is 0 Å². The molecule has 7 heteroatoms. The zero-order valence-corrected chi connectivity index (χ0v) is 16.6. The van der Waals surface area contributed by atoms with Crippen molar-refractivity contribution in [1.29, 1.82) is 0 Å². The monoisotopic (exact) mass is 414 g/mol. The fourth-order valence-electron chi connectivity index (χ4n) is 3.73. The first-order chi connectivity index (χ1) is 15.0. The molecule has 154 valence electrons. The number of rotatable bonds is 4. The largest absolute Gasteiger partial charge is 0.454 e. The van der Waals surface area contributed by atoms with Crippen molar-refractivity contribution in [3.05, 3.63) is 82.9 Å². The molecule has 1 aliphatic carbocycles. The first-order valence-electron chi connectivity index (χ1n) is 9.81. The van der Waals surface area contributed by atoms with Crippen molar-refractivity contribution in [1.82, 2.24) is 0 Å². The number of fused-ring (bicyclic) bond motifs is 3.